The normalized spacial score (nSPS) is 15.4. The van der Waals surface area contributed by atoms with Gasteiger partial charge in [-0.05, 0) is 25.5 Å². The first-order valence-corrected chi connectivity index (χ1v) is 11.4. The topological polar surface area (TPSA) is 91.6 Å². The molecule has 8 nitrogen and oxygen atoms in total. The molecule has 2 amide bonds. The van der Waals surface area contributed by atoms with Crippen LogP contribution in [0.5, 0.6) is 0 Å². The molecule has 1 saturated heterocycles. The lowest BCUT2D eigenvalue weighted by molar-refractivity contribution is -0.133. The summed E-state index contributed by atoms with van der Waals surface area (Å²) in [6.45, 7) is 6.60. The maximum atomic E-state index is 12.5. The third kappa shape index (κ3) is 5.96. The van der Waals surface area contributed by atoms with Gasteiger partial charge in [-0.25, -0.2) is 0 Å². The zero-order valence-electron chi connectivity index (χ0n) is 19.5. The Hall–Kier alpha value is -3.78. The van der Waals surface area contributed by atoms with Crippen LogP contribution in [0.25, 0.3) is 17.5 Å². The number of aromatic nitrogens is 2. The zero-order valence-corrected chi connectivity index (χ0v) is 19.5. The Kier molecular flexibility index (Phi) is 7.49. The zero-order chi connectivity index (χ0) is 23.9. The highest BCUT2D eigenvalue weighted by Gasteiger charge is 2.27. The van der Waals surface area contributed by atoms with Gasteiger partial charge in [0.1, 0.15) is 0 Å². The lowest BCUT2D eigenvalue weighted by Crippen LogP contribution is -2.51. The molecule has 1 aromatic heterocycles. The van der Waals surface area contributed by atoms with E-state index in [1.807, 2.05) is 68.4 Å². The monoisotopic (exact) mass is 459 g/mol. The molecule has 1 aliphatic heterocycles. The highest BCUT2D eigenvalue weighted by molar-refractivity contribution is 5.94. The van der Waals surface area contributed by atoms with Gasteiger partial charge >= 0.3 is 0 Å². The number of nitrogens with zero attached hydrogens (tertiary/aromatic N) is 4. The molecule has 3 aromatic rings. The number of aryl methyl sites for hydroxylation is 1. The second-order valence-electron chi connectivity index (χ2n) is 8.38. The summed E-state index contributed by atoms with van der Waals surface area (Å²) < 4.78 is 5.52. The molecule has 2 heterocycles. The summed E-state index contributed by atoms with van der Waals surface area (Å²) in [5.74, 6) is 0.763. The minimum absolute atomic E-state index is 0.0168. The average Bonchev–Trinajstić information content (AvgIpc) is 3.37. The van der Waals surface area contributed by atoms with E-state index in [0.717, 1.165) is 11.1 Å². The van der Waals surface area contributed by atoms with Crippen LogP contribution in [0.1, 0.15) is 30.0 Å². The minimum atomic E-state index is -0.287. The van der Waals surface area contributed by atoms with E-state index in [4.69, 9.17) is 4.52 Å². The van der Waals surface area contributed by atoms with Gasteiger partial charge in [-0.2, -0.15) is 4.98 Å². The summed E-state index contributed by atoms with van der Waals surface area (Å²) >= 11 is 0. The Labute approximate surface area is 199 Å². The SMILES string of the molecule is Cc1ccc(-c2noc(C(C)N3CCN(C(=O)CNC(=O)/C=C/c4ccccc4)CC3)n2)cc1. The van der Waals surface area contributed by atoms with Gasteiger partial charge < -0.3 is 14.7 Å². The van der Waals surface area contributed by atoms with Crippen LogP contribution in [0.3, 0.4) is 0 Å². The largest absolute Gasteiger partial charge is 0.343 e. The van der Waals surface area contributed by atoms with Crippen LogP contribution in [0.4, 0.5) is 0 Å². The molecule has 0 saturated carbocycles. The van der Waals surface area contributed by atoms with Gasteiger partial charge in [0.2, 0.25) is 23.5 Å². The smallest absolute Gasteiger partial charge is 0.244 e. The van der Waals surface area contributed by atoms with Crippen LogP contribution < -0.4 is 5.32 Å². The first-order valence-electron chi connectivity index (χ1n) is 11.4. The molecule has 2 aromatic carbocycles. The van der Waals surface area contributed by atoms with Gasteiger partial charge in [-0.1, -0.05) is 65.3 Å². The Bertz CT molecular complexity index is 1130. The van der Waals surface area contributed by atoms with E-state index in [0.29, 0.717) is 37.9 Å². The quantitative estimate of drug-likeness (QED) is 0.546. The first-order chi connectivity index (χ1) is 16.5. The second kappa shape index (κ2) is 10.9. The fourth-order valence-corrected chi connectivity index (χ4v) is 3.81. The fourth-order valence-electron chi connectivity index (χ4n) is 3.81. The molecule has 176 valence electrons. The Morgan fingerprint density at radius 1 is 1.06 bits per heavy atom. The van der Waals surface area contributed by atoms with Gasteiger partial charge in [0.05, 0.1) is 12.6 Å². The molecule has 34 heavy (non-hydrogen) atoms. The number of rotatable bonds is 7. The molecular formula is C26H29N5O3. The molecule has 1 atom stereocenters. The Morgan fingerprint density at radius 3 is 2.47 bits per heavy atom. The first kappa shape index (κ1) is 23.4. The van der Waals surface area contributed by atoms with Crippen LogP contribution in [0, 0.1) is 6.92 Å². The Balaban J connectivity index is 1.23. The van der Waals surface area contributed by atoms with Crippen molar-refractivity contribution in [2.24, 2.45) is 0 Å². The number of benzene rings is 2. The van der Waals surface area contributed by atoms with Gasteiger partial charge in [0, 0.05) is 37.8 Å². The third-order valence-corrected chi connectivity index (χ3v) is 5.96. The van der Waals surface area contributed by atoms with Crippen molar-refractivity contribution in [3.05, 3.63) is 77.7 Å². The molecule has 4 rings (SSSR count). The van der Waals surface area contributed by atoms with Crippen molar-refractivity contribution in [3.8, 4) is 11.4 Å². The molecule has 1 aliphatic rings. The molecule has 0 spiro atoms. The number of carbonyl (C=O) groups excluding carboxylic acids is 2. The van der Waals surface area contributed by atoms with E-state index < -0.39 is 0 Å². The van der Waals surface area contributed by atoms with Crippen molar-refractivity contribution in [3.63, 3.8) is 0 Å². The summed E-state index contributed by atoms with van der Waals surface area (Å²) in [5, 5.41) is 6.80. The van der Waals surface area contributed by atoms with Gasteiger partial charge in [-0.3, -0.25) is 14.5 Å². The molecule has 1 unspecified atom stereocenters. The summed E-state index contributed by atoms with van der Waals surface area (Å²) in [5.41, 5.74) is 3.03. The number of piperazine rings is 1. The van der Waals surface area contributed by atoms with Crippen molar-refractivity contribution in [2.75, 3.05) is 32.7 Å². The van der Waals surface area contributed by atoms with E-state index in [1.165, 1.54) is 11.6 Å². The fraction of sp³-hybridized carbons (Fsp3) is 0.308. The number of carbonyl (C=O) groups is 2. The maximum Gasteiger partial charge on any atom is 0.244 e. The van der Waals surface area contributed by atoms with E-state index in [1.54, 1.807) is 11.0 Å². The second-order valence-corrected chi connectivity index (χ2v) is 8.38. The summed E-state index contributed by atoms with van der Waals surface area (Å²) in [6, 6.07) is 17.5. The lowest BCUT2D eigenvalue weighted by atomic mass is 10.1. The Morgan fingerprint density at radius 2 is 1.76 bits per heavy atom. The molecule has 0 aliphatic carbocycles. The number of hydrogen-bond acceptors (Lipinski definition) is 6. The standard InChI is InChI=1S/C26H29N5O3/c1-19-8-11-22(12-9-19)25-28-26(34-29-25)20(2)30-14-16-31(17-15-30)24(33)18-27-23(32)13-10-21-6-4-3-5-7-21/h3-13,20H,14-18H2,1-2H3,(H,27,32)/b13-10+. The van der Waals surface area contributed by atoms with Gasteiger partial charge in [0.25, 0.3) is 0 Å². The lowest BCUT2D eigenvalue weighted by Gasteiger charge is -2.36. The van der Waals surface area contributed by atoms with Crippen molar-refractivity contribution >= 4 is 17.9 Å². The van der Waals surface area contributed by atoms with Crippen molar-refractivity contribution in [1.82, 2.24) is 25.3 Å². The van der Waals surface area contributed by atoms with Crippen molar-refractivity contribution in [2.45, 2.75) is 19.9 Å². The predicted molar refractivity (Wildman–Crippen MR) is 130 cm³/mol. The number of hydrogen-bond donors (Lipinski definition) is 1. The van der Waals surface area contributed by atoms with Crippen LogP contribution in [-0.4, -0.2) is 64.5 Å². The van der Waals surface area contributed by atoms with Crippen molar-refractivity contribution in [1.29, 1.82) is 0 Å². The minimum Gasteiger partial charge on any atom is -0.343 e. The van der Waals surface area contributed by atoms with E-state index >= 15 is 0 Å². The molecular weight excluding hydrogens is 430 g/mol. The predicted octanol–water partition coefficient (Wildman–Crippen LogP) is 3.08. The number of amides is 2. The molecule has 1 fully saturated rings. The van der Waals surface area contributed by atoms with Crippen LogP contribution in [-0.2, 0) is 9.59 Å². The molecule has 0 bridgehead atoms. The van der Waals surface area contributed by atoms with Crippen molar-refractivity contribution < 1.29 is 14.1 Å². The van der Waals surface area contributed by atoms with E-state index in [9.17, 15) is 9.59 Å². The maximum absolute atomic E-state index is 12.5. The molecule has 1 N–H and O–H groups in total. The third-order valence-electron chi connectivity index (χ3n) is 5.96. The summed E-state index contributed by atoms with van der Waals surface area (Å²) in [4.78, 5) is 33.1. The van der Waals surface area contributed by atoms with Gasteiger partial charge in [-0.15, -0.1) is 0 Å². The number of nitrogens with one attached hydrogen (secondary N) is 1. The highest BCUT2D eigenvalue weighted by Crippen LogP contribution is 2.23. The van der Waals surface area contributed by atoms with E-state index in [-0.39, 0.29) is 24.4 Å². The summed E-state index contributed by atoms with van der Waals surface area (Å²) in [7, 11) is 0. The molecule has 0 radical (unpaired) electrons. The highest BCUT2D eigenvalue weighted by atomic mass is 16.5. The van der Waals surface area contributed by atoms with Gasteiger partial charge in [0.15, 0.2) is 0 Å². The average molecular weight is 460 g/mol. The van der Waals surface area contributed by atoms with Crippen LogP contribution in [0.15, 0.2) is 65.2 Å². The van der Waals surface area contributed by atoms with Crippen LogP contribution >= 0.6 is 0 Å². The van der Waals surface area contributed by atoms with E-state index in [2.05, 4.69) is 20.4 Å². The molecule has 8 heteroatoms. The summed E-state index contributed by atoms with van der Waals surface area (Å²) in [6.07, 6.45) is 3.17. The van der Waals surface area contributed by atoms with Crippen LogP contribution in [0.2, 0.25) is 0 Å².